The second-order valence-electron chi connectivity index (χ2n) is 4.83. The van der Waals surface area contributed by atoms with Crippen molar-refractivity contribution in [2.45, 2.75) is 13.8 Å². The Labute approximate surface area is 99.9 Å². The van der Waals surface area contributed by atoms with Gasteiger partial charge in [-0.05, 0) is 30.0 Å². The molecule has 92 valence electrons. The zero-order valence-corrected chi connectivity index (χ0v) is 9.98. The van der Waals surface area contributed by atoms with Crippen LogP contribution in [0, 0.1) is 17.7 Å². The average Bonchev–Trinajstić information content (AvgIpc) is 2.62. The van der Waals surface area contributed by atoms with E-state index in [9.17, 15) is 14.3 Å². The van der Waals surface area contributed by atoms with E-state index in [4.69, 9.17) is 0 Å². The number of carbonyl (C=O) groups excluding carboxylic acids is 1. The second kappa shape index (κ2) is 4.35. The average molecular weight is 237 g/mol. The van der Waals surface area contributed by atoms with Gasteiger partial charge in [0, 0.05) is 13.1 Å². The number of benzene rings is 1. The van der Waals surface area contributed by atoms with Gasteiger partial charge < -0.3 is 10.0 Å². The molecule has 0 saturated carbocycles. The molecule has 2 unspecified atom stereocenters. The number of phenols is 1. The van der Waals surface area contributed by atoms with Gasteiger partial charge in [-0.2, -0.15) is 0 Å². The van der Waals surface area contributed by atoms with Crippen molar-refractivity contribution in [3.63, 3.8) is 0 Å². The summed E-state index contributed by atoms with van der Waals surface area (Å²) in [5.41, 5.74) is 0.0475. The number of amides is 1. The van der Waals surface area contributed by atoms with Crippen LogP contribution < -0.4 is 0 Å². The fraction of sp³-hybridized carbons (Fsp3) is 0.462. The molecule has 1 amide bonds. The zero-order chi connectivity index (χ0) is 12.6. The molecule has 0 bridgehead atoms. The van der Waals surface area contributed by atoms with E-state index in [0.717, 1.165) is 12.1 Å². The predicted molar refractivity (Wildman–Crippen MR) is 62.3 cm³/mol. The van der Waals surface area contributed by atoms with Crippen LogP contribution in [0.25, 0.3) is 0 Å². The number of hydrogen-bond acceptors (Lipinski definition) is 2. The molecule has 1 aliphatic rings. The van der Waals surface area contributed by atoms with Crippen molar-refractivity contribution in [1.29, 1.82) is 0 Å². The summed E-state index contributed by atoms with van der Waals surface area (Å²) in [5, 5.41) is 9.58. The first-order valence-electron chi connectivity index (χ1n) is 5.77. The quantitative estimate of drug-likeness (QED) is 0.814. The Kier molecular flexibility index (Phi) is 3.05. The first kappa shape index (κ1) is 11.9. The van der Waals surface area contributed by atoms with E-state index in [2.05, 4.69) is 13.8 Å². The fourth-order valence-electron chi connectivity index (χ4n) is 2.15. The molecule has 17 heavy (non-hydrogen) atoms. The smallest absolute Gasteiger partial charge is 0.257 e. The molecular formula is C13H16FNO2. The highest BCUT2D eigenvalue weighted by Gasteiger charge is 2.30. The topological polar surface area (TPSA) is 40.5 Å². The highest BCUT2D eigenvalue weighted by molar-refractivity contribution is 5.97. The van der Waals surface area contributed by atoms with E-state index >= 15 is 0 Å². The highest BCUT2D eigenvalue weighted by atomic mass is 19.1. The molecule has 1 saturated heterocycles. The van der Waals surface area contributed by atoms with Crippen LogP contribution in [-0.2, 0) is 0 Å². The second-order valence-corrected chi connectivity index (χ2v) is 4.83. The lowest BCUT2D eigenvalue weighted by molar-refractivity contribution is 0.0781. The largest absolute Gasteiger partial charge is 0.507 e. The standard InChI is InChI=1S/C13H16FNO2/c1-8-6-15(7-9(8)2)13(17)11-5-10(14)3-4-12(11)16/h3-5,8-9,16H,6-7H2,1-2H3. The Bertz CT molecular complexity index is 437. The van der Waals surface area contributed by atoms with E-state index < -0.39 is 5.82 Å². The molecule has 0 radical (unpaired) electrons. The molecule has 0 aliphatic carbocycles. The van der Waals surface area contributed by atoms with Crippen LogP contribution in [0.15, 0.2) is 18.2 Å². The normalized spacial score (nSPS) is 24.1. The summed E-state index contributed by atoms with van der Waals surface area (Å²) in [6.07, 6.45) is 0. The predicted octanol–water partition coefficient (Wildman–Crippen LogP) is 2.26. The summed E-state index contributed by atoms with van der Waals surface area (Å²) in [6, 6.07) is 3.44. The molecule has 0 aromatic heterocycles. The molecule has 1 aromatic carbocycles. The van der Waals surface area contributed by atoms with Gasteiger partial charge in [0.15, 0.2) is 0 Å². The molecule has 2 rings (SSSR count). The van der Waals surface area contributed by atoms with Gasteiger partial charge in [0.2, 0.25) is 0 Å². The summed E-state index contributed by atoms with van der Waals surface area (Å²) in [5.74, 6) is -0.0856. The first-order valence-corrected chi connectivity index (χ1v) is 5.77. The summed E-state index contributed by atoms with van der Waals surface area (Å²) in [6.45, 7) is 5.50. The van der Waals surface area contributed by atoms with Crippen molar-refractivity contribution >= 4 is 5.91 Å². The maximum atomic E-state index is 13.1. The highest BCUT2D eigenvalue weighted by Crippen LogP contribution is 2.26. The Morgan fingerprint density at radius 2 is 1.94 bits per heavy atom. The summed E-state index contributed by atoms with van der Waals surface area (Å²) in [7, 11) is 0. The lowest BCUT2D eigenvalue weighted by atomic mass is 10.0. The van der Waals surface area contributed by atoms with Gasteiger partial charge in [-0.15, -0.1) is 0 Å². The van der Waals surface area contributed by atoms with E-state index in [-0.39, 0.29) is 17.2 Å². The number of aromatic hydroxyl groups is 1. The van der Waals surface area contributed by atoms with Crippen molar-refractivity contribution in [3.8, 4) is 5.75 Å². The van der Waals surface area contributed by atoms with E-state index in [0.29, 0.717) is 24.9 Å². The van der Waals surface area contributed by atoms with Crippen LogP contribution in [-0.4, -0.2) is 29.0 Å². The van der Waals surface area contributed by atoms with Gasteiger partial charge in [-0.3, -0.25) is 4.79 Å². The van der Waals surface area contributed by atoms with Crippen molar-refractivity contribution < 1.29 is 14.3 Å². The van der Waals surface area contributed by atoms with E-state index in [1.807, 2.05) is 0 Å². The molecule has 1 aliphatic heterocycles. The third kappa shape index (κ3) is 2.25. The van der Waals surface area contributed by atoms with Crippen LogP contribution >= 0.6 is 0 Å². The molecule has 1 heterocycles. The molecule has 0 spiro atoms. The Morgan fingerprint density at radius 1 is 1.35 bits per heavy atom. The van der Waals surface area contributed by atoms with Crippen molar-refractivity contribution in [2.75, 3.05) is 13.1 Å². The molecule has 2 atom stereocenters. The van der Waals surface area contributed by atoms with Gasteiger partial charge in [0.1, 0.15) is 11.6 Å². The summed E-state index contributed by atoms with van der Waals surface area (Å²) >= 11 is 0. The third-order valence-corrected chi connectivity index (χ3v) is 3.46. The first-order chi connectivity index (χ1) is 7.99. The Hall–Kier alpha value is -1.58. The van der Waals surface area contributed by atoms with Gasteiger partial charge >= 0.3 is 0 Å². The van der Waals surface area contributed by atoms with E-state index in [1.54, 1.807) is 4.90 Å². The van der Waals surface area contributed by atoms with Crippen LogP contribution in [0.4, 0.5) is 4.39 Å². The molecule has 1 fully saturated rings. The lowest BCUT2D eigenvalue weighted by Crippen LogP contribution is -2.29. The number of rotatable bonds is 1. The Balaban J connectivity index is 2.23. The van der Waals surface area contributed by atoms with Crippen LogP contribution in [0.2, 0.25) is 0 Å². The van der Waals surface area contributed by atoms with Gasteiger partial charge in [-0.1, -0.05) is 13.8 Å². The van der Waals surface area contributed by atoms with Crippen molar-refractivity contribution in [3.05, 3.63) is 29.6 Å². The monoisotopic (exact) mass is 237 g/mol. The maximum Gasteiger partial charge on any atom is 0.257 e. The minimum Gasteiger partial charge on any atom is -0.507 e. The Morgan fingerprint density at radius 3 is 2.53 bits per heavy atom. The van der Waals surface area contributed by atoms with Crippen LogP contribution in [0.3, 0.4) is 0 Å². The fourth-order valence-corrected chi connectivity index (χ4v) is 2.15. The minimum atomic E-state index is -0.508. The van der Waals surface area contributed by atoms with Crippen LogP contribution in [0.1, 0.15) is 24.2 Å². The van der Waals surface area contributed by atoms with Crippen LogP contribution in [0.5, 0.6) is 5.75 Å². The summed E-state index contributed by atoms with van der Waals surface area (Å²) in [4.78, 5) is 13.8. The maximum absolute atomic E-state index is 13.1. The molecule has 3 nitrogen and oxygen atoms in total. The summed E-state index contributed by atoms with van der Waals surface area (Å²) < 4.78 is 13.1. The van der Waals surface area contributed by atoms with Crippen molar-refractivity contribution in [1.82, 2.24) is 4.90 Å². The number of carbonyl (C=O) groups is 1. The zero-order valence-electron chi connectivity index (χ0n) is 9.98. The number of nitrogens with zero attached hydrogens (tertiary/aromatic N) is 1. The lowest BCUT2D eigenvalue weighted by Gasteiger charge is -2.16. The number of hydrogen-bond donors (Lipinski definition) is 1. The molecular weight excluding hydrogens is 221 g/mol. The number of phenolic OH excluding ortho intramolecular Hbond substituents is 1. The van der Waals surface area contributed by atoms with Gasteiger partial charge in [0.25, 0.3) is 5.91 Å². The third-order valence-electron chi connectivity index (χ3n) is 3.46. The molecule has 1 N–H and O–H groups in total. The van der Waals surface area contributed by atoms with Gasteiger partial charge in [0.05, 0.1) is 5.56 Å². The van der Waals surface area contributed by atoms with Gasteiger partial charge in [-0.25, -0.2) is 4.39 Å². The minimum absolute atomic E-state index is 0.0475. The molecule has 1 aromatic rings. The molecule has 4 heteroatoms. The number of likely N-dealkylation sites (tertiary alicyclic amines) is 1. The van der Waals surface area contributed by atoms with E-state index in [1.165, 1.54) is 6.07 Å². The van der Waals surface area contributed by atoms with Crippen molar-refractivity contribution in [2.24, 2.45) is 11.8 Å². The number of halogens is 1. The SMILES string of the molecule is CC1CN(C(=O)c2cc(F)ccc2O)CC1C.